The maximum atomic E-state index is 12.2. The van der Waals surface area contributed by atoms with Gasteiger partial charge >= 0.3 is 6.03 Å². The monoisotopic (exact) mass is 234 g/mol. The second-order valence-electron chi connectivity index (χ2n) is 6.56. The first kappa shape index (κ1) is 9.92. The highest BCUT2D eigenvalue weighted by Gasteiger charge is 2.58. The van der Waals surface area contributed by atoms with Crippen LogP contribution in [0.3, 0.4) is 0 Å². The Kier molecular flexibility index (Phi) is 1.77. The number of rotatable bonds is 0. The van der Waals surface area contributed by atoms with Gasteiger partial charge in [-0.25, -0.2) is 4.79 Å². The van der Waals surface area contributed by atoms with Crippen molar-refractivity contribution in [1.29, 1.82) is 0 Å². The Labute approximate surface area is 101 Å². The van der Waals surface area contributed by atoms with Gasteiger partial charge in [-0.15, -0.1) is 0 Å². The molecular formula is C13H18N2O2. The fourth-order valence-corrected chi connectivity index (χ4v) is 5.12. The number of urea groups is 1. The van der Waals surface area contributed by atoms with E-state index in [-0.39, 0.29) is 11.9 Å². The Hall–Kier alpha value is -1.06. The highest BCUT2D eigenvalue weighted by Crippen LogP contribution is 2.55. The van der Waals surface area contributed by atoms with Gasteiger partial charge in [0.05, 0.1) is 0 Å². The van der Waals surface area contributed by atoms with E-state index in [4.69, 9.17) is 0 Å². The highest BCUT2D eigenvalue weighted by molar-refractivity contribution is 6.07. The van der Waals surface area contributed by atoms with Gasteiger partial charge in [0.2, 0.25) is 0 Å². The number of hydrogen-bond acceptors (Lipinski definition) is 2. The molecular weight excluding hydrogens is 216 g/mol. The number of amides is 3. The molecule has 0 aromatic heterocycles. The van der Waals surface area contributed by atoms with Crippen molar-refractivity contribution in [1.82, 2.24) is 10.6 Å². The summed E-state index contributed by atoms with van der Waals surface area (Å²) in [6.45, 7) is 0. The van der Waals surface area contributed by atoms with Crippen molar-refractivity contribution < 1.29 is 9.59 Å². The van der Waals surface area contributed by atoms with Crippen molar-refractivity contribution in [3.8, 4) is 0 Å². The second-order valence-corrected chi connectivity index (χ2v) is 6.56. The Morgan fingerprint density at radius 1 is 0.941 bits per heavy atom. The summed E-state index contributed by atoms with van der Waals surface area (Å²) in [5, 5.41) is 5.43. The topological polar surface area (TPSA) is 58.2 Å². The predicted molar refractivity (Wildman–Crippen MR) is 61.1 cm³/mol. The Bertz CT molecular complexity index is 394. The van der Waals surface area contributed by atoms with E-state index in [1.54, 1.807) is 0 Å². The second kappa shape index (κ2) is 3.03. The summed E-state index contributed by atoms with van der Waals surface area (Å²) in [4.78, 5) is 23.7. The molecule has 4 aliphatic carbocycles. The molecule has 5 fully saturated rings. The summed E-state index contributed by atoms with van der Waals surface area (Å²) in [5.74, 6) is 2.59. The molecule has 4 bridgehead atoms. The van der Waals surface area contributed by atoms with Crippen molar-refractivity contribution >= 4 is 11.9 Å². The van der Waals surface area contributed by atoms with Crippen LogP contribution in [-0.4, -0.2) is 17.5 Å². The highest BCUT2D eigenvalue weighted by atomic mass is 16.2. The van der Waals surface area contributed by atoms with Crippen LogP contribution in [0, 0.1) is 23.7 Å². The van der Waals surface area contributed by atoms with E-state index in [1.807, 2.05) is 0 Å². The van der Waals surface area contributed by atoms with Gasteiger partial charge in [0, 0.05) is 0 Å². The fourth-order valence-electron chi connectivity index (χ4n) is 5.12. The number of carbonyl (C=O) groups excluding carboxylic acids is 2. The summed E-state index contributed by atoms with van der Waals surface area (Å²) in [7, 11) is 0. The molecule has 4 saturated carbocycles. The van der Waals surface area contributed by atoms with E-state index < -0.39 is 5.54 Å². The van der Waals surface area contributed by atoms with Gasteiger partial charge in [0.25, 0.3) is 5.91 Å². The van der Waals surface area contributed by atoms with Gasteiger partial charge in [-0.3, -0.25) is 10.1 Å². The molecule has 2 N–H and O–H groups in total. The van der Waals surface area contributed by atoms with Crippen molar-refractivity contribution in [2.24, 2.45) is 23.7 Å². The molecule has 92 valence electrons. The molecule has 1 saturated heterocycles. The molecule has 0 aromatic rings. The first-order valence-electron chi connectivity index (χ1n) is 6.79. The minimum atomic E-state index is -0.550. The summed E-state index contributed by atoms with van der Waals surface area (Å²) in [6.07, 6.45) is 7.07. The lowest BCUT2D eigenvalue weighted by atomic mass is 9.66. The quantitative estimate of drug-likeness (QED) is 0.623. The number of carbonyl (C=O) groups is 2. The summed E-state index contributed by atoms with van der Waals surface area (Å²) in [6, 6.07) is -0.281. The van der Waals surface area contributed by atoms with Gasteiger partial charge in [0.1, 0.15) is 5.54 Å². The van der Waals surface area contributed by atoms with Crippen molar-refractivity contribution in [2.45, 2.75) is 44.1 Å². The molecule has 5 aliphatic rings. The Morgan fingerprint density at radius 3 is 2.18 bits per heavy atom. The van der Waals surface area contributed by atoms with Gasteiger partial charge in [-0.05, 0) is 62.2 Å². The lowest BCUT2D eigenvalue weighted by Crippen LogP contribution is -2.53. The zero-order valence-electron chi connectivity index (χ0n) is 9.87. The summed E-state index contributed by atoms with van der Waals surface area (Å²) in [5.41, 5.74) is -0.550. The van der Waals surface area contributed by atoms with E-state index in [0.29, 0.717) is 11.8 Å². The van der Waals surface area contributed by atoms with Crippen molar-refractivity contribution in [3.05, 3.63) is 0 Å². The zero-order chi connectivity index (χ0) is 11.6. The van der Waals surface area contributed by atoms with Crippen LogP contribution in [0.2, 0.25) is 0 Å². The van der Waals surface area contributed by atoms with Crippen LogP contribution >= 0.6 is 0 Å². The third-order valence-electron chi connectivity index (χ3n) is 5.51. The molecule has 5 rings (SSSR count). The average molecular weight is 234 g/mol. The van der Waals surface area contributed by atoms with Crippen LogP contribution in [0.5, 0.6) is 0 Å². The maximum Gasteiger partial charge on any atom is 0.322 e. The Balaban J connectivity index is 1.77. The normalized spacial score (nSPS) is 51.5. The number of nitrogens with one attached hydrogen (secondary N) is 2. The molecule has 4 heteroatoms. The van der Waals surface area contributed by atoms with Crippen molar-refractivity contribution in [3.63, 3.8) is 0 Å². The van der Waals surface area contributed by atoms with Crippen LogP contribution in [0.15, 0.2) is 0 Å². The van der Waals surface area contributed by atoms with Crippen LogP contribution in [0.4, 0.5) is 4.79 Å². The maximum absolute atomic E-state index is 12.2. The zero-order valence-corrected chi connectivity index (χ0v) is 9.87. The smallest absolute Gasteiger partial charge is 0.322 e. The average Bonchev–Trinajstić information content (AvgIpc) is 2.41. The van der Waals surface area contributed by atoms with E-state index in [0.717, 1.165) is 31.1 Å². The SMILES string of the molecule is O=C1NC(=O)[C@@]2(CC3C[C@@H]4CC2C[C@H](C3)C4)N1. The molecule has 1 spiro atoms. The standard InChI is InChI=1S/C13H18N2O2/c16-11-13(15-12(17)14-11)6-9-2-7-1-8(3-9)5-10(13)4-7/h7-10H,1-6H2,(H2,14,15,16,17)/t7-,8+,9?,10?,13-/m0/s1. The summed E-state index contributed by atoms with van der Waals surface area (Å²) >= 11 is 0. The van der Waals surface area contributed by atoms with Crippen molar-refractivity contribution in [2.75, 3.05) is 0 Å². The molecule has 17 heavy (non-hydrogen) atoms. The van der Waals surface area contributed by atoms with Crippen LogP contribution in [0.1, 0.15) is 38.5 Å². The summed E-state index contributed by atoms with van der Waals surface area (Å²) < 4.78 is 0. The number of hydrogen-bond donors (Lipinski definition) is 2. The first-order valence-corrected chi connectivity index (χ1v) is 6.79. The molecule has 0 radical (unpaired) electrons. The molecule has 2 unspecified atom stereocenters. The van der Waals surface area contributed by atoms with E-state index in [9.17, 15) is 9.59 Å². The van der Waals surface area contributed by atoms with E-state index >= 15 is 0 Å². The number of imide groups is 1. The molecule has 5 atom stereocenters. The van der Waals surface area contributed by atoms with Gasteiger partial charge < -0.3 is 5.32 Å². The molecule has 0 aromatic carbocycles. The minimum absolute atomic E-state index is 0.0549. The predicted octanol–water partition coefficient (Wildman–Crippen LogP) is 1.41. The van der Waals surface area contributed by atoms with E-state index in [1.165, 1.54) is 19.3 Å². The largest absolute Gasteiger partial charge is 0.323 e. The van der Waals surface area contributed by atoms with Crippen LogP contribution < -0.4 is 10.6 Å². The molecule has 4 nitrogen and oxygen atoms in total. The lowest BCUT2D eigenvalue weighted by molar-refractivity contribution is -0.126. The fraction of sp³-hybridized carbons (Fsp3) is 0.846. The molecule has 1 aliphatic heterocycles. The molecule has 3 amide bonds. The molecule has 1 heterocycles. The third kappa shape index (κ3) is 1.24. The third-order valence-corrected chi connectivity index (χ3v) is 5.51. The van der Waals surface area contributed by atoms with Gasteiger partial charge in [0.15, 0.2) is 0 Å². The van der Waals surface area contributed by atoms with Crippen LogP contribution in [0.25, 0.3) is 0 Å². The Morgan fingerprint density at radius 2 is 1.59 bits per heavy atom. The minimum Gasteiger partial charge on any atom is -0.323 e. The van der Waals surface area contributed by atoms with Gasteiger partial charge in [-0.2, -0.15) is 0 Å². The van der Waals surface area contributed by atoms with Crippen LogP contribution in [-0.2, 0) is 4.79 Å². The van der Waals surface area contributed by atoms with Gasteiger partial charge in [-0.1, -0.05) is 0 Å². The lowest BCUT2D eigenvalue weighted by Gasteiger charge is -2.40. The van der Waals surface area contributed by atoms with E-state index in [2.05, 4.69) is 10.6 Å². The first-order chi connectivity index (χ1) is 8.15.